The highest BCUT2D eigenvalue weighted by molar-refractivity contribution is 8.18. The summed E-state index contributed by atoms with van der Waals surface area (Å²) >= 11 is 4.64. The Bertz CT molecular complexity index is 221. The van der Waals surface area contributed by atoms with Gasteiger partial charge in [-0.2, -0.15) is 0 Å². The van der Waals surface area contributed by atoms with Crippen LogP contribution in [0.25, 0.3) is 0 Å². The van der Waals surface area contributed by atoms with E-state index in [0.29, 0.717) is 4.08 Å². The topological polar surface area (TPSA) is 0 Å². The molecule has 3 atom stereocenters. The van der Waals surface area contributed by atoms with E-state index < -0.39 is 0 Å². The first-order chi connectivity index (χ1) is 7.38. The lowest BCUT2D eigenvalue weighted by molar-refractivity contribution is 0.227. The van der Waals surface area contributed by atoms with E-state index in [2.05, 4.69) is 23.5 Å². The van der Waals surface area contributed by atoms with E-state index in [1.807, 2.05) is 0 Å². The lowest BCUT2D eigenvalue weighted by atomic mass is 9.77. The van der Waals surface area contributed by atoms with Gasteiger partial charge in [-0.3, -0.25) is 0 Å². The highest BCUT2D eigenvalue weighted by Gasteiger charge is 2.43. The zero-order valence-electron chi connectivity index (χ0n) is 9.54. The lowest BCUT2D eigenvalue weighted by Gasteiger charge is -2.47. The summed E-state index contributed by atoms with van der Waals surface area (Å²) in [6, 6.07) is 0. The summed E-state index contributed by atoms with van der Waals surface area (Å²) in [5, 5.41) is 0. The second-order valence-corrected chi connectivity index (χ2v) is 8.68. The van der Waals surface area contributed by atoms with Crippen LogP contribution in [-0.2, 0) is 0 Å². The average Bonchev–Trinajstić information content (AvgIpc) is 2.30. The molecule has 1 aliphatic carbocycles. The molecule has 0 aromatic heterocycles. The summed E-state index contributed by atoms with van der Waals surface area (Å²) < 4.78 is 0.677. The van der Waals surface area contributed by atoms with Gasteiger partial charge in [-0.05, 0) is 49.0 Å². The highest BCUT2D eigenvalue weighted by atomic mass is 32.2. The fourth-order valence-electron chi connectivity index (χ4n) is 3.59. The molecule has 86 valence electrons. The standard InChI is InChI=1S/C13H22S2/c1-2-6-12-10-15-13(9-11(12)5-1)7-3-4-8-14-13/h11-12H,1-10H2/t11-,12-,13+/m1/s1. The quantitative estimate of drug-likeness (QED) is 0.611. The minimum absolute atomic E-state index is 0.677. The van der Waals surface area contributed by atoms with Crippen molar-refractivity contribution in [2.45, 2.75) is 55.4 Å². The molecule has 0 unspecified atom stereocenters. The molecule has 0 bridgehead atoms. The van der Waals surface area contributed by atoms with Gasteiger partial charge in [-0.15, -0.1) is 23.5 Å². The van der Waals surface area contributed by atoms with Gasteiger partial charge in [-0.25, -0.2) is 0 Å². The molecule has 15 heavy (non-hydrogen) atoms. The number of fused-ring (bicyclic) bond motifs is 1. The van der Waals surface area contributed by atoms with Crippen molar-refractivity contribution >= 4 is 23.5 Å². The van der Waals surface area contributed by atoms with Crippen LogP contribution in [0.15, 0.2) is 0 Å². The Balaban J connectivity index is 1.68. The van der Waals surface area contributed by atoms with Crippen molar-refractivity contribution in [3.8, 4) is 0 Å². The Morgan fingerprint density at radius 2 is 1.73 bits per heavy atom. The fourth-order valence-corrected chi connectivity index (χ4v) is 7.30. The monoisotopic (exact) mass is 242 g/mol. The number of hydrogen-bond acceptors (Lipinski definition) is 2. The molecule has 0 amide bonds. The lowest BCUT2D eigenvalue weighted by Crippen LogP contribution is -2.38. The van der Waals surface area contributed by atoms with Crippen LogP contribution >= 0.6 is 23.5 Å². The van der Waals surface area contributed by atoms with Crippen LogP contribution in [0.1, 0.15) is 51.4 Å². The third-order valence-corrected chi connectivity index (χ3v) is 8.11. The molecule has 1 spiro atoms. The van der Waals surface area contributed by atoms with Crippen molar-refractivity contribution in [2.24, 2.45) is 11.8 Å². The van der Waals surface area contributed by atoms with Crippen molar-refractivity contribution in [3.63, 3.8) is 0 Å². The Kier molecular flexibility index (Phi) is 3.26. The van der Waals surface area contributed by atoms with Crippen molar-refractivity contribution < 1.29 is 0 Å². The SMILES string of the molecule is C1CC[C@]2(C[C@H]3CCCC[C@@H]3CS2)SC1. The number of hydrogen-bond donors (Lipinski definition) is 0. The molecule has 2 aliphatic heterocycles. The average molecular weight is 242 g/mol. The van der Waals surface area contributed by atoms with E-state index in [4.69, 9.17) is 0 Å². The van der Waals surface area contributed by atoms with E-state index in [1.165, 1.54) is 43.6 Å². The van der Waals surface area contributed by atoms with Crippen molar-refractivity contribution in [1.82, 2.24) is 0 Å². The van der Waals surface area contributed by atoms with Crippen LogP contribution in [0, 0.1) is 11.8 Å². The molecule has 2 saturated heterocycles. The van der Waals surface area contributed by atoms with Gasteiger partial charge in [0.1, 0.15) is 0 Å². The molecular weight excluding hydrogens is 220 g/mol. The van der Waals surface area contributed by atoms with Crippen LogP contribution in [0.5, 0.6) is 0 Å². The van der Waals surface area contributed by atoms with Gasteiger partial charge in [0, 0.05) is 0 Å². The molecule has 3 rings (SSSR count). The molecule has 1 saturated carbocycles. The van der Waals surface area contributed by atoms with Crippen LogP contribution in [0.3, 0.4) is 0 Å². The smallest absolute Gasteiger partial charge is 0.0613 e. The van der Waals surface area contributed by atoms with E-state index in [1.54, 1.807) is 19.3 Å². The van der Waals surface area contributed by atoms with E-state index >= 15 is 0 Å². The van der Waals surface area contributed by atoms with Gasteiger partial charge in [0.15, 0.2) is 0 Å². The Morgan fingerprint density at radius 3 is 2.53 bits per heavy atom. The third kappa shape index (κ3) is 2.22. The summed E-state index contributed by atoms with van der Waals surface area (Å²) in [5.41, 5.74) is 0. The fraction of sp³-hybridized carbons (Fsp3) is 1.00. The molecule has 2 heteroatoms. The van der Waals surface area contributed by atoms with E-state index in [-0.39, 0.29) is 0 Å². The molecule has 2 heterocycles. The maximum Gasteiger partial charge on any atom is 0.0613 e. The van der Waals surface area contributed by atoms with Gasteiger partial charge < -0.3 is 0 Å². The van der Waals surface area contributed by atoms with Crippen LogP contribution in [0.4, 0.5) is 0 Å². The summed E-state index contributed by atoms with van der Waals surface area (Å²) in [5.74, 6) is 5.12. The Labute approximate surface area is 102 Å². The molecule has 0 nitrogen and oxygen atoms in total. The van der Waals surface area contributed by atoms with Gasteiger partial charge in [0.25, 0.3) is 0 Å². The van der Waals surface area contributed by atoms with E-state index in [9.17, 15) is 0 Å². The molecule has 3 aliphatic rings. The largest absolute Gasteiger partial charge is 0.144 e. The number of thioether (sulfide) groups is 2. The second-order valence-electron chi connectivity index (χ2n) is 5.54. The molecule has 0 aromatic carbocycles. The molecular formula is C13H22S2. The summed E-state index contributed by atoms with van der Waals surface area (Å²) in [6.45, 7) is 0. The zero-order valence-corrected chi connectivity index (χ0v) is 11.2. The number of rotatable bonds is 0. The summed E-state index contributed by atoms with van der Waals surface area (Å²) in [4.78, 5) is 0. The minimum Gasteiger partial charge on any atom is -0.144 e. The van der Waals surface area contributed by atoms with Crippen molar-refractivity contribution in [1.29, 1.82) is 0 Å². The Morgan fingerprint density at radius 1 is 0.867 bits per heavy atom. The van der Waals surface area contributed by atoms with Gasteiger partial charge in [0.2, 0.25) is 0 Å². The highest BCUT2D eigenvalue weighted by Crippen LogP contribution is 2.56. The third-order valence-electron chi connectivity index (χ3n) is 4.52. The first kappa shape index (κ1) is 10.8. The predicted molar refractivity (Wildman–Crippen MR) is 71.6 cm³/mol. The zero-order chi connectivity index (χ0) is 10.1. The normalized spacial score (nSPS) is 46.4. The maximum atomic E-state index is 2.34. The first-order valence-corrected chi connectivity index (χ1v) is 8.63. The molecule has 0 radical (unpaired) electrons. The van der Waals surface area contributed by atoms with Gasteiger partial charge in [0.05, 0.1) is 4.08 Å². The van der Waals surface area contributed by atoms with Gasteiger partial charge in [-0.1, -0.05) is 25.7 Å². The van der Waals surface area contributed by atoms with E-state index in [0.717, 1.165) is 11.8 Å². The van der Waals surface area contributed by atoms with Crippen molar-refractivity contribution in [2.75, 3.05) is 11.5 Å². The minimum atomic E-state index is 0.677. The molecule has 3 fully saturated rings. The predicted octanol–water partition coefficient (Wildman–Crippen LogP) is 4.54. The molecule has 0 N–H and O–H groups in total. The summed E-state index contributed by atoms with van der Waals surface area (Å²) in [7, 11) is 0. The maximum absolute atomic E-state index is 2.34. The molecule has 0 aromatic rings. The summed E-state index contributed by atoms with van der Waals surface area (Å²) in [6.07, 6.45) is 12.2. The van der Waals surface area contributed by atoms with Crippen LogP contribution in [0.2, 0.25) is 0 Å². The Hall–Kier alpha value is 0.700. The second kappa shape index (κ2) is 4.52. The first-order valence-electron chi connectivity index (χ1n) is 6.66. The van der Waals surface area contributed by atoms with Gasteiger partial charge >= 0.3 is 0 Å². The van der Waals surface area contributed by atoms with Crippen molar-refractivity contribution in [3.05, 3.63) is 0 Å². The van der Waals surface area contributed by atoms with Crippen LogP contribution in [-0.4, -0.2) is 15.6 Å². The van der Waals surface area contributed by atoms with Crippen LogP contribution < -0.4 is 0 Å².